The molecule has 0 radical (unpaired) electrons. The molecule has 0 N–H and O–H groups in total. The molecule has 6 aliphatic rings. The molecule has 0 aromatic heterocycles. The molecule has 5 aliphatic carbocycles. The van der Waals surface area contributed by atoms with Crippen LogP contribution in [0, 0.1) is 17.8 Å². The zero-order valence-electron chi connectivity index (χ0n) is 32.1. The van der Waals surface area contributed by atoms with Gasteiger partial charge in [0, 0.05) is 49.7 Å². The fourth-order valence-corrected chi connectivity index (χ4v) is 13.1. The van der Waals surface area contributed by atoms with Crippen molar-refractivity contribution < 1.29 is 0 Å². The Hall–Kier alpha value is -5.25. The van der Waals surface area contributed by atoms with E-state index in [1.807, 2.05) is 11.8 Å². The van der Waals surface area contributed by atoms with Crippen molar-refractivity contribution in [2.45, 2.75) is 66.4 Å². The van der Waals surface area contributed by atoms with Crippen LogP contribution in [0.1, 0.15) is 56.6 Å². The van der Waals surface area contributed by atoms with Crippen LogP contribution in [0.15, 0.2) is 181 Å². The van der Waals surface area contributed by atoms with E-state index in [2.05, 4.69) is 193 Å². The Morgan fingerprint density at radius 2 is 1.02 bits per heavy atom. The van der Waals surface area contributed by atoms with Crippen molar-refractivity contribution in [3.8, 4) is 11.1 Å². The monoisotopic (exact) mass is 744 g/mol. The first-order valence-corrected chi connectivity index (χ1v) is 21.6. The predicted octanol–water partition coefficient (Wildman–Crippen LogP) is 14.6. The Balaban J connectivity index is 0.972. The molecule has 0 amide bonds. The highest BCUT2D eigenvalue weighted by atomic mass is 32.2. The second-order valence-corrected chi connectivity index (χ2v) is 18.6. The van der Waals surface area contributed by atoms with Gasteiger partial charge in [0.05, 0.1) is 0 Å². The molecule has 0 spiro atoms. The average Bonchev–Trinajstić information content (AvgIpc) is 3.53. The summed E-state index contributed by atoms with van der Waals surface area (Å²) < 4.78 is 0. The SMILES string of the molecule is CC12C=CC=CC1Sc1cc(N(c3ccc(N(c4ccccc4)c4ccc(C56CC7CC(CC(C7)C5)C6)cc4)cc3)c3cccc(-c4ccccc4)c3)ccc12. The summed E-state index contributed by atoms with van der Waals surface area (Å²) in [5.74, 6) is 2.83. The minimum absolute atomic E-state index is 0.0152. The van der Waals surface area contributed by atoms with Gasteiger partial charge in [-0.25, -0.2) is 0 Å². The first kappa shape index (κ1) is 34.0. The molecule has 1 heterocycles. The third-order valence-electron chi connectivity index (χ3n) is 13.9. The van der Waals surface area contributed by atoms with E-state index in [0.717, 1.165) is 34.8 Å². The van der Waals surface area contributed by atoms with Gasteiger partial charge in [0.25, 0.3) is 0 Å². The van der Waals surface area contributed by atoms with Gasteiger partial charge in [-0.05, 0) is 157 Å². The van der Waals surface area contributed by atoms with E-state index in [1.165, 1.54) is 77.2 Å². The van der Waals surface area contributed by atoms with Gasteiger partial charge >= 0.3 is 0 Å². The van der Waals surface area contributed by atoms with E-state index in [-0.39, 0.29) is 5.41 Å². The lowest BCUT2D eigenvalue weighted by atomic mass is 9.48. The molecule has 4 fully saturated rings. The first-order chi connectivity index (χ1) is 27.5. The van der Waals surface area contributed by atoms with Crippen molar-refractivity contribution in [3.05, 3.63) is 187 Å². The lowest BCUT2D eigenvalue weighted by molar-refractivity contribution is -0.00518. The first-order valence-electron chi connectivity index (χ1n) is 20.7. The Kier molecular flexibility index (Phi) is 8.18. The average molecular weight is 745 g/mol. The van der Waals surface area contributed by atoms with Gasteiger partial charge in [-0.3, -0.25) is 0 Å². The van der Waals surface area contributed by atoms with Crippen LogP contribution in [-0.2, 0) is 10.8 Å². The molecule has 2 nitrogen and oxygen atoms in total. The van der Waals surface area contributed by atoms with Crippen LogP contribution < -0.4 is 9.80 Å². The number of para-hydroxylation sites is 1. The predicted molar refractivity (Wildman–Crippen MR) is 236 cm³/mol. The molecular formula is C53H48N2S. The summed E-state index contributed by atoms with van der Waals surface area (Å²) in [4.78, 5) is 6.21. The molecule has 4 bridgehead atoms. The summed E-state index contributed by atoms with van der Waals surface area (Å²) in [7, 11) is 0. The maximum atomic E-state index is 2.47. The number of hydrogen-bond acceptors (Lipinski definition) is 3. The van der Waals surface area contributed by atoms with Crippen molar-refractivity contribution >= 4 is 45.9 Å². The highest BCUT2D eigenvalue weighted by Crippen LogP contribution is 2.61. The Labute approximate surface area is 336 Å². The number of nitrogens with zero attached hydrogens (tertiary/aromatic N) is 2. The largest absolute Gasteiger partial charge is 0.311 e. The van der Waals surface area contributed by atoms with Crippen LogP contribution in [-0.4, -0.2) is 5.25 Å². The van der Waals surface area contributed by atoms with E-state index in [0.29, 0.717) is 10.7 Å². The lowest BCUT2D eigenvalue weighted by Gasteiger charge is -2.57. The fourth-order valence-electron chi connectivity index (χ4n) is 11.6. The summed E-state index contributed by atoms with van der Waals surface area (Å²) in [6.45, 7) is 2.38. The number of thioether (sulfide) groups is 1. The highest BCUT2D eigenvalue weighted by molar-refractivity contribution is 8.00. The van der Waals surface area contributed by atoms with Crippen molar-refractivity contribution in [2.24, 2.45) is 17.8 Å². The molecule has 56 heavy (non-hydrogen) atoms. The third kappa shape index (κ3) is 5.77. The Morgan fingerprint density at radius 1 is 0.500 bits per heavy atom. The second kappa shape index (κ2) is 13.5. The molecule has 6 aromatic rings. The van der Waals surface area contributed by atoms with Crippen LogP contribution in [0.2, 0.25) is 0 Å². The van der Waals surface area contributed by atoms with Gasteiger partial charge in [-0.2, -0.15) is 0 Å². The maximum Gasteiger partial charge on any atom is 0.0472 e. The van der Waals surface area contributed by atoms with Crippen molar-refractivity contribution in [1.82, 2.24) is 0 Å². The fraction of sp³-hybridized carbons (Fsp3) is 0.245. The van der Waals surface area contributed by atoms with Crippen LogP contribution in [0.3, 0.4) is 0 Å². The molecule has 2 atom stereocenters. The number of benzene rings is 6. The van der Waals surface area contributed by atoms with Crippen molar-refractivity contribution in [3.63, 3.8) is 0 Å². The van der Waals surface area contributed by atoms with E-state index in [4.69, 9.17) is 0 Å². The van der Waals surface area contributed by atoms with E-state index >= 15 is 0 Å². The van der Waals surface area contributed by atoms with Crippen LogP contribution >= 0.6 is 11.8 Å². The molecule has 4 saturated carbocycles. The van der Waals surface area contributed by atoms with Crippen LogP contribution in [0.5, 0.6) is 0 Å². The summed E-state index contributed by atoms with van der Waals surface area (Å²) >= 11 is 1.99. The van der Waals surface area contributed by atoms with Gasteiger partial charge < -0.3 is 9.80 Å². The Bertz CT molecular complexity index is 2410. The standard InChI is InChI=1S/C53H48N2S/c1-52-28-9-8-17-51(52)56-50-33-48(26-27-49(50)52)55(47-16-10-13-41(32-47)40-11-4-2-5-12-40)46-24-22-45(23-25-46)54(43-14-6-3-7-15-43)44-20-18-42(19-21-44)53-34-37-29-38(35-53)31-39(30-37)36-53/h2-28,32-33,37-39,51H,29-31,34-36H2,1H3. The van der Waals surface area contributed by atoms with Crippen molar-refractivity contribution in [2.75, 3.05) is 9.80 Å². The molecule has 3 heteroatoms. The maximum absolute atomic E-state index is 2.47. The number of fused-ring (bicyclic) bond motifs is 3. The number of hydrogen-bond donors (Lipinski definition) is 0. The molecule has 1 aliphatic heterocycles. The zero-order valence-corrected chi connectivity index (χ0v) is 32.9. The number of anilines is 6. The van der Waals surface area contributed by atoms with Crippen molar-refractivity contribution in [1.29, 1.82) is 0 Å². The minimum atomic E-state index is 0.0152. The van der Waals surface area contributed by atoms with Gasteiger partial charge in [0.1, 0.15) is 0 Å². The summed E-state index contributed by atoms with van der Waals surface area (Å²) in [5, 5.41) is 0.414. The number of rotatable bonds is 8. The van der Waals surface area contributed by atoms with Gasteiger partial charge in [-0.15, -0.1) is 11.8 Å². The third-order valence-corrected chi connectivity index (χ3v) is 15.3. The zero-order chi connectivity index (χ0) is 37.3. The van der Waals surface area contributed by atoms with E-state index in [9.17, 15) is 0 Å². The van der Waals surface area contributed by atoms with Gasteiger partial charge in [0.2, 0.25) is 0 Å². The second-order valence-electron chi connectivity index (χ2n) is 17.4. The molecule has 0 saturated heterocycles. The van der Waals surface area contributed by atoms with Crippen LogP contribution in [0.25, 0.3) is 11.1 Å². The normalized spacial score (nSPS) is 26.5. The van der Waals surface area contributed by atoms with Gasteiger partial charge in [0.15, 0.2) is 0 Å². The summed E-state index contributed by atoms with van der Waals surface area (Å²) in [5.41, 5.74) is 12.8. The minimum Gasteiger partial charge on any atom is -0.311 e. The summed E-state index contributed by atoms with van der Waals surface area (Å²) in [6, 6.07) is 56.6. The molecule has 6 aromatic carbocycles. The van der Waals surface area contributed by atoms with Crippen LogP contribution in [0.4, 0.5) is 34.1 Å². The lowest BCUT2D eigenvalue weighted by Crippen LogP contribution is -2.48. The van der Waals surface area contributed by atoms with E-state index in [1.54, 1.807) is 5.56 Å². The smallest absolute Gasteiger partial charge is 0.0472 e. The summed E-state index contributed by atoms with van der Waals surface area (Å²) in [6.07, 6.45) is 17.8. The molecule has 12 rings (SSSR count). The van der Waals surface area contributed by atoms with E-state index < -0.39 is 0 Å². The quantitative estimate of drug-likeness (QED) is 0.153. The Morgan fingerprint density at radius 3 is 1.68 bits per heavy atom. The highest BCUT2D eigenvalue weighted by Gasteiger charge is 2.51. The topological polar surface area (TPSA) is 6.48 Å². The van der Waals surface area contributed by atoms with Gasteiger partial charge in [-0.1, -0.05) is 110 Å². The number of allylic oxidation sites excluding steroid dienone is 3. The molecule has 276 valence electrons. The molecule has 2 unspecified atom stereocenters. The molecular weight excluding hydrogens is 697 g/mol.